The fourth-order valence-corrected chi connectivity index (χ4v) is 2.94. The van der Waals surface area contributed by atoms with Gasteiger partial charge in [-0.2, -0.15) is 0 Å². The van der Waals surface area contributed by atoms with E-state index in [4.69, 9.17) is 4.74 Å². The van der Waals surface area contributed by atoms with Crippen molar-refractivity contribution in [2.45, 2.75) is 40.2 Å². The number of hydrogen-bond donors (Lipinski definition) is 3. The van der Waals surface area contributed by atoms with Crippen molar-refractivity contribution in [3.05, 3.63) is 59.7 Å². The smallest absolute Gasteiger partial charge is 0.227 e. The van der Waals surface area contributed by atoms with Gasteiger partial charge in [-0.05, 0) is 49.1 Å². The number of hydrogen-bond acceptors (Lipinski definition) is 3. The van der Waals surface area contributed by atoms with Crippen LogP contribution in [0, 0.1) is 5.92 Å². The first-order valence-electron chi connectivity index (χ1n) is 10.6. The summed E-state index contributed by atoms with van der Waals surface area (Å²) in [6, 6.07) is 15.9. The average molecular weight is 538 g/mol. The van der Waals surface area contributed by atoms with Crippen molar-refractivity contribution in [3.63, 3.8) is 0 Å². The number of ether oxygens (including phenoxy) is 1. The summed E-state index contributed by atoms with van der Waals surface area (Å²) in [6.45, 7) is 8.05. The van der Waals surface area contributed by atoms with Crippen LogP contribution in [0.2, 0.25) is 0 Å². The quantitative estimate of drug-likeness (QED) is 0.235. The van der Waals surface area contributed by atoms with Crippen molar-refractivity contribution >= 4 is 41.5 Å². The third-order valence-electron chi connectivity index (χ3n) is 4.90. The highest BCUT2D eigenvalue weighted by Gasteiger charge is 2.10. The Labute approximate surface area is 203 Å². The van der Waals surface area contributed by atoms with Crippen LogP contribution in [-0.4, -0.2) is 32.1 Å². The number of methoxy groups -OCH3 is 1. The minimum atomic E-state index is -0.000488. The van der Waals surface area contributed by atoms with E-state index in [1.807, 2.05) is 63.2 Å². The Morgan fingerprint density at radius 1 is 1.10 bits per heavy atom. The van der Waals surface area contributed by atoms with E-state index in [1.54, 1.807) is 7.11 Å². The van der Waals surface area contributed by atoms with Gasteiger partial charge in [-0.15, -0.1) is 24.0 Å². The second-order valence-corrected chi connectivity index (χ2v) is 7.18. The lowest BCUT2D eigenvalue weighted by molar-refractivity contribution is -0.119. The minimum Gasteiger partial charge on any atom is -0.496 e. The second-order valence-electron chi connectivity index (χ2n) is 7.18. The predicted molar refractivity (Wildman–Crippen MR) is 139 cm³/mol. The van der Waals surface area contributed by atoms with Crippen LogP contribution in [0.15, 0.2) is 53.5 Å². The molecule has 1 unspecified atom stereocenters. The van der Waals surface area contributed by atoms with E-state index in [2.05, 4.69) is 27.0 Å². The molecule has 31 heavy (non-hydrogen) atoms. The zero-order valence-electron chi connectivity index (χ0n) is 18.9. The molecule has 0 radical (unpaired) electrons. The number of halogens is 1. The number of amides is 1. The SMILES string of the molecule is CCNC(=NCc1cccc(NC(=O)C(C)CC)c1)NCCc1ccccc1OC.I. The molecule has 2 rings (SSSR count). The van der Waals surface area contributed by atoms with Gasteiger partial charge in [0.05, 0.1) is 13.7 Å². The van der Waals surface area contributed by atoms with Crippen LogP contribution < -0.4 is 20.7 Å². The molecule has 0 aromatic heterocycles. The minimum absolute atomic E-state index is 0. The van der Waals surface area contributed by atoms with Gasteiger partial charge in [0.2, 0.25) is 5.91 Å². The van der Waals surface area contributed by atoms with Crippen LogP contribution in [0.5, 0.6) is 5.75 Å². The number of nitrogens with zero attached hydrogens (tertiary/aromatic N) is 1. The maximum atomic E-state index is 12.1. The van der Waals surface area contributed by atoms with Gasteiger partial charge in [0.25, 0.3) is 0 Å². The number of carbonyl (C=O) groups is 1. The summed E-state index contributed by atoms with van der Waals surface area (Å²) in [5.74, 6) is 1.71. The van der Waals surface area contributed by atoms with E-state index in [0.717, 1.165) is 54.5 Å². The number of carbonyl (C=O) groups excluding carboxylic acids is 1. The maximum Gasteiger partial charge on any atom is 0.227 e. The van der Waals surface area contributed by atoms with Crippen molar-refractivity contribution in [1.29, 1.82) is 0 Å². The molecule has 2 aromatic carbocycles. The summed E-state index contributed by atoms with van der Waals surface area (Å²) in [5.41, 5.74) is 3.01. The number of benzene rings is 2. The van der Waals surface area contributed by atoms with E-state index < -0.39 is 0 Å². The van der Waals surface area contributed by atoms with Crippen LogP contribution in [0.25, 0.3) is 0 Å². The highest BCUT2D eigenvalue weighted by molar-refractivity contribution is 14.0. The summed E-state index contributed by atoms with van der Waals surface area (Å²) in [4.78, 5) is 16.8. The number of nitrogens with one attached hydrogen (secondary N) is 3. The maximum absolute atomic E-state index is 12.1. The topological polar surface area (TPSA) is 74.8 Å². The Bertz CT molecular complexity index is 842. The molecule has 0 saturated carbocycles. The van der Waals surface area contributed by atoms with E-state index >= 15 is 0 Å². The lowest BCUT2D eigenvalue weighted by atomic mass is 10.1. The van der Waals surface area contributed by atoms with Gasteiger partial charge >= 0.3 is 0 Å². The molecule has 0 aliphatic rings. The largest absolute Gasteiger partial charge is 0.496 e. The van der Waals surface area contributed by atoms with Crippen LogP contribution in [-0.2, 0) is 17.8 Å². The predicted octanol–water partition coefficient (Wildman–Crippen LogP) is 4.60. The first-order chi connectivity index (χ1) is 14.6. The van der Waals surface area contributed by atoms with E-state index in [0.29, 0.717) is 6.54 Å². The molecule has 0 spiro atoms. The van der Waals surface area contributed by atoms with Crippen LogP contribution in [0.3, 0.4) is 0 Å². The number of aliphatic imine (C=N–C) groups is 1. The number of guanidine groups is 1. The molecule has 0 aliphatic heterocycles. The Hall–Kier alpha value is -2.29. The fourth-order valence-electron chi connectivity index (χ4n) is 2.94. The lowest BCUT2D eigenvalue weighted by Crippen LogP contribution is -2.38. The van der Waals surface area contributed by atoms with E-state index in [-0.39, 0.29) is 35.8 Å². The molecule has 2 aromatic rings. The third-order valence-corrected chi connectivity index (χ3v) is 4.90. The van der Waals surface area contributed by atoms with Crippen molar-refractivity contribution in [2.75, 3.05) is 25.5 Å². The van der Waals surface area contributed by atoms with Crippen molar-refractivity contribution < 1.29 is 9.53 Å². The summed E-state index contributed by atoms with van der Waals surface area (Å²) >= 11 is 0. The summed E-state index contributed by atoms with van der Waals surface area (Å²) in [7, 11) is 1.69. The Kier molecular flexibility index (Phi) is 12.7. The summed E-state index contributed by atoms with van der Waals surface area (Å²) in [6.07, 6.45) is 1.66. The van der Waals surface area contributed by atoms with Crippen molar-refractivity contribution in [1.82, 2.24) is 10.6 Å². The summed E-state index contributed by atoms with van der Waals surface area (Å²) in [5, 5.41) is 9.63. The van der Waals surface area contributed by atoms with Gasteiger partial charge in [0.1, 0.15) is 5.75 Å². The van der Waals surface area contributed by atoms with Crippen LogP contribution in [0.1, 0.15) is 38.3 Å². The molecule has 0 aliphatic carbocycles. The number of anilines is 1. The fraction of sp³-hybridized carbons (Fsp3) is 0.417. The highest BCUT2D eigenvalue weighted by Crippen LogP contribution is 2.17. The molecule has 170 valence electrons. The molecule has 0 bridgehead atoms. The monoisotopic (exact) mass is 538 g/mol. The van der Waals surface area contributed by atoms with Crippen LogP contribution in [0.4, 0.5) is 5.69 Å². The molecular formula is C24H35IN4O2. The lowest BCUT2D eigenvalue weighted by Gasteiger charge is -2.13. The zero-order chi connectivity index (χ0) is 21.8. The Morgan fingerprint density at radius 3 is 2.58 bits per heavy atom. The molecule has 6 nitrogen and oxygen atoms in total. The van der Waals surface area contributed by atoms with E-state index in [1.165, 1.54) is 0 Å². The van der Waals surface area contributed by atoms with Gasteiger partial charge < -0.3 is 20.7 Å². The molecule has 0 saturated heterocycles. The molecule has 1 amide bonds. The Morgan fingerprint density at radius 2 is 1.87 bits per heavy atom. The summed E-state index contributed by atoms with van der Waals surface area (Å²) < 4.78 is 5.41. The van der Waals surface area contributed by atoms with Gasteiger partial charge in [0, 0.05) is 24.7 Å². The average Bonchev–Trinajstić information content (AvgIpc) is 2.77. The Balaban J connectivity index is 0.00000480. The molecule has 7 heteroatoms. The van der Waals surface area contributed by atoms with Gasteiger partial charge in [-0.3, -0.25) is 4.79 Å². The third kappa shape index (κ3) is 9.16. The highest BCUT2D eigenvalue weighted by atomic mass is 127. The standard InChI is InChI=1S/C24H34N4O2.HI/c1-5-18(3)23(29)28-21-12-9-10-19(16-21)17-27-24(25-6-2)26-15-14-20-11-7-8-13-22(20)30-4;/h7-13,16,18H,5-6,14-15,17H2,1-4H3,(H,28,29)(H2,25,26,27);1H. The normalized spacial score (nSPS) is 11.8. The van der Waals surface area contributed by atoms with Gasteiger partial charge in [0.15, 0.2) is 5.96 Å². The van der Waals surface area contributed by atoms with Crippen LogP contribution >= 0.6 is 24.0 Å². The molecule has 0 heterocycles. The first kappa shape index (κ1) is 26.7. The van der Waals surface area contributed by atoms with Gasteiger partial charge in [-0.25, -0.2) is 4.99 Å². The van der Waals surface area contributed by atoms with Crippen molar-refractivity contribution in [3.8, 4) is 5.75 Å². The molecular weight excluding hydrogens is 503 g/mol. The second kappa shape index (κ2) is 14.7. The number of rotatable bonds is 10. The van der Waals surface area contributed by atoms with E-state index in [9.17, 15) is 4.79 Å². The first-order valence-corrected chi connectivity index (χ1v) is 10.6. The van der Waals surface area contributed by atoms with Crippen molar-refractivity contribution in [2.24, 2.45) is 10.9 Å². The molecule has 0 fully saturated rings. The number of para-hydroxylation sites is 1. The molecule has 1 atom stereocenters. The van der Waals surface area contributed by atoms with Gasteiger partial charge in [-0.1, -0.05) is 44.2 Å². The zero-order valence-corrected chi connectivity index (χ0v) is 21.2. The molecule has 3 N–H and O–H groups in total.